The lowest BCUT2D eigenvalue weighted by Crippen LogP contribution is -2.25. The number of ether oxygens (including phenoxy) is 1. The molecule has 5 heteroatoms. The highest BCUT2D eigenvalue weighted by Gasteiger charge is 2.25. The SMILES string of the molecule is CC1C/C(=C\NC(N)=O)C(=O)O1. The minimum Gasteiger partial charge on any atom is -0.459 e. The molecule has 0 saturated carbocycles. The fourth-order valence-corrected chi connectivity index (χ4v) is 0.969. The summed E-state index contributed by atoms with van der Waals surface area (Å²) < 4.78 is 4.81. The normalized spacial score (nSPS) is 25.6. The molecule has 0 spiro atoms. The van der Waals surface area contributed by atoms with Gasteiger partial charge in [0.15, 0.2) is 0 Å². The Labute approximate surface area is 69.6 Å². The minimum atomic E-state index is -0.685. The van der Waals surface area contributed by atoms with Crippen LogP contribution in [0.2, 0.25) is 0 Å². The van der Waals surface area contributed by atoms with Crippen molar-refractivity contribution >= 4 is 12.0 Å². The highest BCUT2D eigenvalue weighted by Crippen LogP contribution is 2.18. The quantitative estimate of drug-likeness (QED) is 0.425. The molecule has 2 amide bonds. The fraction of sp³-hybridized carbons (Fsp3) is 0.429. The molecule has 1 rings (SSSR count). The summed E-state index contributed by atoms with van der Waals surface area (Å²) in [5, 5.41) is 2.21. The van der Waals surface area contributed by atoms with Gasteiger partial charge in [0.25, 0.3) is 0 Å². The molecule has 66 valence electrons. The topological polar surface area (TPSA) is 81.4 Å². The van der Waals surface area contributed by atoms with E-state index in [0.29, 0.717) is 12.0 Å². The molecule has 1 aliphatic heterocycles. The second-order valence-corrected chi connectivity index (χ2v) is 2.60. The minimum absolute atomic E-state index is 0.113. The molecule has 12 heavy (non-hydrogen) atoms. The summed E-state index contributed by atoms with van der Waals surface area (Å²) in [6.45, 7) is 1.78. The third-order valence-electron chi connectivity index (χ3n) is 1.47. The third-order valence-corrected chi connectivity index (χ3v) is 1.47. The summed E-state index contributed by atoms with van der Waals surface area (Å²) in [5.41, 5.74) is 5.25. The van der Waals surface area contributed by atoms with E-state index in [0.717, 1.165) is 0 Å². The molecule has 1 aliphatic rings. The lowest BCUT2D eigenvalue weighted by molar-refractivity contribution is -0.138. The van der Waals surface area contributed by atoms with E-state index in [1.54, 1.807) is 6.92 Å². The predicted octanol–water partition coefficient (Wildman–Crippen LogP) is -0.126. The summed E-state index contributed by atoms with van der Waals surface area (Å²) in [4.78, 5) is 21.2. The van der Waals surface area contributed by atoms with Crippen molar-refractivity contribution in [3.63, 3.8) is 0 Å². The molecular weight excluding hydrogens is 160 g/mol. The molecule has 1 atom stereocenters. The van der Waals surface area contributed by atoms with E-state index in [2.05, 4.69) is 5.32 Å². The van der Waals surface area contributed by atoms with E-state index in [-0.39, 0.29) is 6.10 Å². The molecule has 0 aromatic carbocycles. The number of esters is 1. The second kappa shape index (κ2) is 3.25. The number of carbonyl (C=O) groups excluding carboxylic acids is 2. The number of rotatable bonds is 1. The van der Waals surface area contributed by atoms with Crippen molar-refractivity contribution in [2.75, 3.05) is 0 Å². The molecule has 1 heterocycles. The highest BCUT2D eigenvalue weighted by atomic mass is 16.5. The number of nitrogens with one attached hydrogen (secondary N) is 1. The summed E-state index contributed by atoms with van der Waals surface area (Å²) in [7, 11) is 0. The van der Waals surface area contributed by atoms with Gasteiger partial charge in [-0.05, 0) is 6.92 Å². The number of nitrogens with two attached hydrogens (primary N) is 1. The van der Waals surface area contributed by atoms with Crippen LogP contribution in [0.1, 0.15) is 13.3 Å². The Bertz CT molecular complexity index is 247. The lowest BCUT2D eigenvalue weighted by Gasteiger charge is -1.94. The first-order valence-electron chi connectivity index (χ1n) is 3.55. The van der Waals surface area contributed by atoms with Crippen LogP contribution in [0.25, 0.3) is 0 Å². The predicted molar refractivity (Wildman–Crippen MR) is 41.0 cm³/mol. The van der Waals surface area contributed by atoms with E-state index in [1.165, 1.54) is 6.20 Å². The number of urea groups is 1. The molecule has 1 unspecified atom stereocenters. The Morgan fingerprint density at radius 1 is 1.83 bits per heavy atom. The first-order valence-corrected chi connectivity index (χ1v) is 3.55. The smallest absolute Gasteiger partial charge is 0.335 e. The fourth-order valence-electron chi connectivity index (χ4n) is 0.969. The average Bonchev–Trinajstić information content (AvgIpc) is 2.26. The van der Waals surface area contributed by atoms with Crippen molar-refractivity contribution in [1.29, 1.82) is 0 Å². The molecule has 5 nitrogen and oxygen atoms in total. The number of hydrogen-bond acceptors (Lipinski definition) is 3. The standard InChI is InChI=1S/C7H10N2O3/c1-4-2-5(6(10)12-4)3-9-7(8)11/h3-4H,2H2,1H3,(H3,8,9,11)/b5-3+. The van der Waals surface area contributed by atoms with Crippen molar-refractivity contribution in [3.8, 4) is 0 Å². The van der Waals surface area contributed by atoms with Crippen LogP contribution >= 0.6 is 0 Å². The maximum atomic E-state index is 10.9. The average molecular weight is 170 g/mol. The van der Waals surface area contributed by atoms with Crippen molar-refractivity contribution in [2.24, 2.45) is 5.73 Å². The zero-order chi connectivity index (χ0) is 9.14. The number of cyclic esters (lactones) is 1. The zero-order valence-corrected chi connectivity index (χ0v) is 6.66. The number of carbonyl (C=O) groups is 2. The Morgan fingerprint density at radius 3 is 2.92 bits per heavy atom. The number of primary amides is 1. The van der Waals surface area contributed by atoms with Crippen LogP contribution in [-0.2, 0) is 9.53 Å². The highest BCUT2D eigenvalue weighted by molar-refractivity contribution is 5.91. The molecule has 1 saturated heterocycles. The van der Waals surface area contributed by atoms with Crippen molar-refractivity contribution in [1.82, 2.24) is 5.32 Å². The molecule has 0 aliphatic carbocycles. The van der Waals surface area contributed by atoms with Gasteiger partial charge in [0, 0.05) is 12.6 Å². The van der Waals surface area contributed by atoms with Crippen LogP contribution in [0.4, 0.5) is 4.79 Å². The first kappa shape index (κ1) is 8.58. The van der Waals surface area contributed by atoms with Gasteiger partial charge in [-0.3, -0.25) is 0 Å². The van der Waals surface area contributed by atoms with E-state index in [1.807, 2.05) is 0 Å². The van der Waals surface area contributed by atoms with E-state index in [4.69, 9.17) is 10.5 Å². The molecular formula is C7H10N2O3. The Balaban J connectivity index is 2.57. The maximum Gasteiger partial charge on any atom is 0.335 e. The second-order valence-electron chi connectivity index (χ2n) is 2.60. The van der Waals surface area contributed by atoms with Crippen LogP contribution in [0.15, 0.2) is 11.8 Å². The van der Waals surface area contributed by atoms with Gasteiger partial charge in [0.2, 0.25) is 0 Å². The van der Waals surface area contributed by atoms with E-state index < -0.39 is 12.0 Å². The summed E-state index contributed by atoms with van der Waals surface area (Å²) in [6.07, 6.45) is 1.69. The number of hydrogen-bond donors (Lipinski definition) is 2. The largest absolute Gasteiger partial charge is 0.459 e. The van der Waals surface area contributed by atoms with Gasteiger partial charge in [-0.15, -0.1) is 0 Å². The van der Waals surface area contributed by atoms with E-state index >= 15 is 0 Å². The molecule has 1 fully saturated rings. The van der Waals surface area contributed by atoms with Crippen molar-refractivity contribution < 1.29 is 14.3 Å². The monoisotopic (exact) mass is 170 g/mol. The van der Waals surface area contributed by atoms with Gasteiger partial charge < -0.3 is 15.8 Å². The molecule has 0 radical (unpaired) electrons. The third kappa shape index (κ3) is 1.98. The first-order chi connectivity index (χ1) is 5.59. The van der Waals surface area contributed by atoms with Crippen LogP contribution in [0, 0.1) is 0 Å². The Morgan fingerprint density at radius 2 is 2.50 bits per heavy atom. The molecule has 0 bridgehead atoms. The van der Waals surface area contributed by atoms with E-state index in [9.17, 15) is 9.59 Å². The van der Waals surface area contributed by atoms with Crippen LogP contribution in [0.5, 0.6) is 0 Å². The van der Waals surface area contributed by atoms with Gasteiger partial charge in [0.1, 0.15) is 6.10 Å². The van der Waals surface area contributed by atoms with Gasteiger partial charge in [0.05, 0.1) is 5.57 Å². The maximum absolute atomic E-state index is 10.9. The molecule has 0 aromatic heterocycles. The Kier molecular flexibility index (Phi) is 2.32. The number of amides is 2. The van der Waals surface area contributed by atoms with Gasteiger partial charge in [-0.1, -0.05) is 0 Å². The van der Waals surface area contributed by atoms with Crippen LogP contribution in [0.3, 0.4) is 0 Å². The summed E-state index contributed by atoms with van der Waals surface area (Å²) in [5.74, 6) is -0.392. The van der Waals surface area contributed by atoms with Crippen molar-refractivity contribution in [2.45, 2.75) is 19.4 Å². The van der Waals surface area contributed by atoms with Crippen LogP contribution in [-0.4, -0.2) is 18.1 Å². The molecule has 0 aromatic rings. The lowest BCUT2D eigenvalue weighted by atomic mass is 10.2. The van der Waals surface area contributed by atoms with Gasteiger partial charge in [-0.25, -0.2) is 9.59 Å². The zero-order valence-electron chi connectivity index (χ0n) is 6.66. The van der Waals surface area contributed by atoms with Crippen LogP contribution < -0.4 is 11.1 Å². The summed E-state index contributed by atoms with van der Waals surface area (Å²) in [6, 6.07) is -0.685. The summed E-state index contributed by atoms with van der Waals surface area (Å²) >= 11 is 0. The Hall–Kier alpha value is -1.52. The van der Waals surface area contributed by atoms with Crippen molar-refractivity contribution in [3.05, 3.63) is 11.8 Å². The van der Waals surface area contributed by atoms with Gasteiger partial charge in [-0.2, -0.15) is 0 Å². The van der Waals surface area contributed by atoms with Gasteiger partial charge >= 0.3 is 12.0 Å². The molecule has 3 N–H and O–H groups in total.